The van der Waals surface area contributed by atoms with Crippen molar-refractivity contribution in [2.45, 2.75) is 44.8 Å². The molecule has 3 nitrogen and oxygen atoms in total. The van der Waals surface area contributed by atoms with E-state index in [9.17, 15) is 0 Å². The van der Waals surface area contributed by atoms with E-state index < -0.39 is 0 Å². The maximum absolute atomic E-state index is 6.43. The number of hydrogen-bond donors (Lipinski definition) is 1. The molecule has 20 heavy (non-hydrogen) atoms. The summed E-state index contributed by atoms with van der Waals surface area (Å²) in [5.74, 6) is 1.56. The molecule has 1 aliphatic rings. The summed E-state index contributed by atoms with van der Waals surface area (Å²) in [5, 5.41) is 3.24. The van der Waals surface area contributed by atoms with E-state index in [4.69, 9.17) is 9.47 Å². The van der Waals surface area contributed by atoms with Crippen molar-refractivity contribution in [3.63, 3.8) is 0 Å². The van der Waals surface area contributed by atoms with Crippen LogP contribution in [-0.2, 0) is 4.74 Å². The number of ether oxygens (including phenoxy) is 2. The van der Waals surface area contributed by atoms with Crippen LogP contribution >= 0.6 is 0 Å². The van der Waals surface area contributed by atoms with Crippen LogP contribution < -0.4 is 10.1 Å². The normalized spacial score (nSPS) is 24.4. The van der Waals surface area contributed by atoms with Crippen LogP contribution in [0.25, 0.3) is 0 Å². The highest BCUT2D eigenvalue weighted by molar-refractivity contribution is 5.35. The fraction of sp³-hybridized carbons (Fsp3) is 0.647. The van der Waals surface area contributed by atoms with Crippen molar-refractivity contribution >= 4 is 0 Å². The van der Waals surface area contributed by atoms with E-state index in [0.29, 0.717) is 12.0 Å². The summed E-state index contributed by atoms with van der Waals surface area (Å²) in [7, 11) is 3.69. The van der Waals surface area contributed by atoms with Gasteiger partial charge in [0, 0.05) is 12.1 Å². The molecule has 1 fully saturated rings. The Labute approximate surface area is 122 Å². The lowest BCUT2D eigenvalue weighted by Gasteiger charge is -2.33. The van der Waals surface area contributed by atoms with Crippen LogP contribution in [0.2, 0.25) is 0 Å². The van der Waals surface area contributed by atoms with Gasteiger partial charge < -0.3 is 14.8 Å². The molecule has 0 heterocycles. The minimum atomic E-state index is 0.0571. The first kappa shape index (κ1) is 15.3. The topological polar surface area (TPSA) is 30.5 Å². The SMILES string of the molecule is CNCC(OC1CCCCC1C)c1ccccc1OC. The maximum Gasteiger partial charge on any atom is 0.124 e. The Balaban J connectivity index is 2.13. The van der Waals surface area contributed by atoms with Gasteiger partial charge in [-0.1, -0.05) is 38.0 Å². The van der Waals surface area contributed by atoms with Crippen molar-refractivity contribution in [1.82, 2.24) is 5.32 Å². The summed E-state index contributed by atoms with van der Waals surface area (Å²) >= 11 is 0. The molecule has 1 N–H and O–H groups in total. The van der Waals surface area contributed by atoms with Crippen molar-refractivity contribution in [2.24, 2.45) is 5.92 Å². The van der Waals surface area contributed by atoms with Gasteiger partial charge in [0.1, 0.15) is 5.75 Å². The molecule has 0 aliphatic heterocycles. The van der Waals surface area contributed by atoms with Crippen molar-refractivity contribution < 1.29 is 9.47 Å². The van der Waals surface area contributed by atoms with Gasteiger partial charge in [-0.25, -0.2) is 0 Å². The molecule has 1 aliphatic carbocycles. The standard InChI is InChI=1S/C17H27NO2/c1-13-8-4-6-10-15(13)20-17(12-18-2)14-9-5-7-11-16(14)19-3/h5,7,9,11,13,15,17-18H,4,6,8,10,12H2,1-3H3. The first-order valence-corrected chi connectivity index (χ1v) is 7.69. The molecular formula is C17H27NO2. The molecule has 2 rings (SSSR count). The molecule has 112 valence electrons. The number of hydrogen-bond acceptors (Lipinski definition) is 3. The fourth-order valence-electron chi connectivity index (χ4n) is 3.04. The minimum absolute atomic E-state index is 0.0571. The number of benzene rings is 1. The smallest absolute Gasteiger partial charge is 0.124 e. The van der Waals surface area contributed by atoms with Crippen LogP contribution in [0.1, 0.15) is 44.3 Å². The lowest BCUT2D eigenvalue weighted by atomic mass is 9.87. The number of nitrogens with one attached hydrogen (secondary N) is 1. The van der Waals surface area contributed by atoms with Gasteiger partial charge in [0.25, 0.3) is 0 Å². The summed E-state index contributed by atoms with van der Waals surface area (Å²) in [6.07, 6.45) is 5.51. The zero-order valence-corrected chi connectivity index (χ0v) is 12.9. The third-order valence-electron chi connectivity index (χ3n) is 4.25. The van der Waals surface area contributed by atoms with E-state index in [1.165, 1.54) is 25.7 Å². The Bertz CT molecular complexity index is 408. The third kappa shape index (κ3) is 3.74. The van der Waals surface area contributed by atoms with Gasteiger partial charge in [-0.3, -0.25) is 0 Å². The Morgan fingerprint density at radius 1 is 1.25 bits per heavy atom. The molecule has 0 bridgehead atoms. The quantitative estimate of drug-likeness (QED) is 0.862. The third-order valence-corrected chi connectivity index (χ3v) is 4.25. The van der Waals surface area contributed by atoms with E-state index >= 15 is 0 Å². The van der Waals surface area contributed by atoms with Crippen molar-refractivity contribution in [1.29, 1.82) is 0 Å². The minimum Gasteiger partial charge on any atom is -0.496 e. The van der Waals surface area contributed by atoms with Gasteiger partial charge in [-0.2, -0.15) is 0 Å². The van der Waals surface area contributed by atoms with Gasteiger partial charge >= 0.3 is 0 Å². The summed E-state index contributed by atoms with van der Waals surface area (Å²) in [6, 6.07) is 8.16. The van der Waals surface area contributed by atoms with Gasteiger partial charge in [0.15, 0.2) is 0 Å². The summed E-state index contributed by atoms with van der Waals surface area (Å²) in [5.41, 5.74) is 1.14. The highest BCUT2D eigenvalue weighted by Crippen LogP contribution is 2.33. The zero-order chi connectivity index (χ0) is 14.4. The molecule has 0 amide bonds. The van der Waals surface area contributed by atoms with Crippen LogP contribution in [0, 0.1) is 5.92 Å². The number of likely N-dealkylation sites (N-methyl/N-ethyl adjacent to an activating group) is 1. The Kier molecular flexibility index (Phi) is 5.86. The highest BCUT2D eigenvalue weighted by atomic mass is 16.5. The van der Waals surface area contributed by atoms with Crippen molar-refractivity contribution in [2.75, 3.05) is 20.7 Å². The maximum atomic E-state index is 6.43. The molecule has 3 atom stereocenters. The second kappa shape index (κ2) is 7.65. The number of para-hydroxylation sites is 1. The Morgan fingerprint density at radius 3 is 2.70 bits per heavy atom. The molecule has 0 aromatic heterocycles. The van der Waals surface area contributed by atoms with E-state index in [1.54, 1.807) is 7.11 Å². The van der Waals surface area contributed by atoms with E-state index in [-0.39, 0.29) is 6.10 Å². The molecule has 0 saturated heterocycles. The van der Waals surface area contributed by atoms with E-state index in [1.807, 2.05) is 25.2 Å². The molecule has 0 spiro atoms. The van der Waals surface area contributed by atoms with Gasteiger partial charge in [0.05, 0.1) is 19.3 Å². The van der Waals surface area contributed by atoms with Gasteiger partial charge in [-0.05, 0) is 31.9 Å². The van der Waals surface area contributed by atoms with Crippen LogP contribution in [0.3, 0.4) is 0 Å². The summed E-state index contributed by atoms with van der Waals surface area (Å²) in [4.78, 5) is 0. The predicted molar refractivity (Wildman–Crippen MR) is 82.2 cm³/mol. The monoisotopic (exact) mass is 277 g/mol. The van der Waals surface area contributed by atoms with Gasteiger partial charge in [-0.15, -0.1) is 0 Å². The Morgan fingerprint density at radius 2 is 2.00 bits per heavy atom. The molecule has 0 radical (unpaired) electrons. The van der Waals surface area contributed by atoms with Crippen molar-refractivity contribution in [3.8, 4) is 5.75 Å². The number of methoxy groups -OCH3 is 1. The molecule has 1 saturated carbocycles. The second-order valence-corrected chi connectivity index (χ2v) is 5.72. The van der Waals surface area contributed by atoms with Gasteiger partial charge in [0.2, 0.25) is 0 Å². The van der Waals surface area contributed by atoms with Crippen LogP contribution in [0.5, 0.6) is 5.75 Å². The highest BCUT2D eigenvalue weighted by Gasteiger charge is 2.26. The van der Waals surface area contributed by atoms with Crippen LogP contribution in [0.4, 0.5) is 0 Å². The van der Waals surface area contributed by atoms with E-state index in [2.05, 4.69) is 18.3 Å². The fourth-order valence-corrected chi connectivity index (χ4v) is 3.04. The predicted octanol–water partition coefficient (Wildman–Crippen LogP) is 3.55. The summed E-state index contributed by atoms with van der Waals surface area (Å²) in [6.45, 7) is 3.12. The first-order chi connectivity index (χ1) is 9.76. The second-order valence-electron chi connectivity index (χ2n) is 5.72. The zero-order valence-electron chi connectivity index (χ0n) is 12.9. The lowest BCUT2D eigenvalue weighted by molar-refractivity contribution is -0.0565. The summed E-state index contributed by atoms with van der Waals surface area (Å²) < 4.78 is 11.9. The first-order valence-electron chi connectivity index (χ1n) is 7.69. The largest absolute Gasteiger partial charge is 0.496 e. The van der Waals surface area contributed by atoms with Crippen LogP contribution in [-0.4, -0.2) is 26.8 Å². The molecule has 3 unspecified atom stereocenters. The van der Waals surface area contributed by atoms with E-state index in [0.717, 1.165) is 17.9 Å². The molecular weight excluding hydrogens is 250 g/mol. The number of rotatable bonds is 6. The molecule has 1 aromatic carbocycles. The average molecular weight is 277 g/mol. The van der Waals surface area contributed by atoms with Crippen LogP contribution in [0.15, 0.2) is 24.3 Å². The average Bonchev–Trinajstić information content (AvgIpc) is 2.49. The molecule has 3 heteroatoms. The lowest BCUT2D eigenvalue weighted by Crippen LogP contribution is -2.31. The Hall–Kier alpha value is -1.06. The van der Waals surface area contributed by atoms with Crippen molar-refractivity contribution in [3.05, 3.63) is 29.8 Å². The molecule has 1 aromatic rings.